The first-order chi connectivity index (χ1) is 17.1. The summed E-state index contributed by atoms with van der Waals surface area (Å²) in [5.74, 6) is 0.538. The van der Waals surface area contributed by atoms with Crippen molar-refractivity contribution in [2.45, 2.75) is 38.3 Å². The molecule has 1 atom stereocenters. The lowest BCUT2D eigenvalue weighted by Gasteiger charge is -2.27. The Bertz CT molecular complexity index is 1370. The lowest BCUT2D eigenvalue weighted by Crippen LogP contribution is -2.30. The molecular weight excluding hydrogens is 460 g/mol. The number of anilines is 2. The summed E-state index contributed by atoms with van der Waals surface area (Å²) in [5.41, 5.74) is 6.35. The summed E-state index contributed by atoms with van der Waals surface area (Å²) < 4.78 is 7.26. The van der Waals surface area contributed by atoms with Gasteiger partial charge in [0, 0.05) is 36.3 Å². The van der Waals surface area contributed by atoms with Crippen LogP contribution in [0.3, 0.4) is 0 Å². The van der Waals surface area contributed by atoms with Gasteiger partial charge in [0.1, 0.15) is 0 Å². The van der Waals surface area contributed by atoms with Gasteiger partial charge in [-0.25, -0.2) is 9.97 Å². The second-order valence-electron chi connectivity index (χ2n) is 8.99. The third kappa shape index (κ3) is 4.56. The van der Waals surface area contributed by atoms with E-state index in [1.807, 2.05) is 25.4 Å². The van der Waals surface area contributed by atoms with Gasteiger partial charge in [0.25, 0.3) is 5.91 Å². The van der Waals surface area contributed by atoms with Gasteiger partial charge < -0.3 is 15.4 Å². The number of hydrogen-bond donors (Lipinski definition) is 2. The van der Waals surface area contributed by atoms with Crippen molar-refractivity contribution in [1.82, 2.24) is 25.1 Å². The van der Waals surface area contributed by atoms with E-state index in [0.717, 1.165) is 59.7 Å². The number of fused-ring (bicyclic) bond motifs is 2. The molecule has 1 aromatic carbocycles. The van der Waals surface area contributed by atoms with Crippen LogP contribution in [0.4, 0.5) is 11.6 Å². The zero-order chi connectivity index (χ0) is 23.8. The van der Waals surface area contributed by atoms with Gasteiger partial charge in [-0.05, 0) is 54.2 Å². The van der Waals surface area contributed by atoms with Crippen molar-refractivity contribution in [2.75, 3.05) is 11.9 Å². The zero-order valence-electron chi connectivity index (χ0n) is 19.5. The third-order valence-electron chi connectivity index (χ3n) is 6.53. The van der Waals surface area contributed by atoms with Gasteiger partial charge in [-0.2, -0.15) is 5.10 Å². The van der Waals surface area contributed by atoms with E-state index in [1.165, 1.54) is 16.0 Å². The second-order valence-corrected chi connectivity index (χ2v) is 10.1. The minimum Gasteiger partial charge on any atom is -0.376 e. The minimum atomic E-state index is 0.00763. The summed E-state index contributed by atoms with van der Waals surface area (Å²) in [6, 6.07) is 10.3. The standard InChI is InChI=1S/C26H26N6O2S/c1-32-14-19(13-28-32)29-26-27-9-7-21(31-26)17-5-6-20-16(11-17)3-2-4-22(20)30-25(33)24-12-18-15-34-10-8-23(18)35-24/h5-7,9,11-14,22H,2-4,8,10,15H2,1H3,(H,30,33)(H,27,29,31). The molecule has 0 saturated heterocycles. The number of aromatic nitrogens is 4. The topological polar surface area (TPSA) is 94.0 Å². The fourth-order valence-corrected chi connectivity index (χ4v) is 5.86. The average molecular weight is 487 g/mol. The molecule has 0 bridgehead atoms. The number of benzene rings is 1. The molecule has 1 amide bonds. The Hall–Kier alpha value is -3.56. The lowest BCUT2D eigenvalue weighted by molar-refractivity contribution is 0.0936. The Kier molecular flexibility index (Phi) is 5.79. The highest BCUT2D eigenvalue weighted by atomic mass is 32.1. The molecule has 4 aromatic rings. The summed E-state index contributed by atoms with van der Waals surface area (Å²) in [4.78, 5) is 24.1. The van der Waals surface area contributed by atoms with Crippen molar-refractivity contribution >= 4 is 28.9 Å². The van der Waals surface area contributed by atoms with Crippen LogP contribution in [-0.4, -0.2) is 32.3 Å². The van der Waals surface area contributed by atoms with E-state index in [1.54, 1.807) is 28.4 Å². The van der Waals surface area contributed by atoms with Crippen molar-refractivity contribution in [2.24, 2.45) is 7.05 Å². The molecule has 2 N–H and O–H groups in total. The van der Waals surface area contributed by atoms with E-state index in [-0.39, 0.29) is 11.9 Å². The molecule has 6 rings (SSSR count). The van der Waals surface area contributed by atoms with Crippen LogP contribution in [-0.2, 0) is 31.2 Å². The predicted octanol–water partition coefficient (Wildman–Crippen LogP) is 4.56. The first-order valence-electron chi connectivity index (χ1n) is 11.8. The van der Waals surface area contributed by atoms with Gasteiger partial charge in [-0.15, -0.1) is 11.3 Å². The zero-order valence-corrected chi connectivity index (χ0v) is 20.3. The molecule has 0 spiro atoms. The fraction of sp³-hybridized carbons (Fsp3) is 0.308. The largest absolute Gasteiger partial charge is 0.376 e. The molecule has 0 radical (unpaired) electrons. The summed E-state index contributed by atoms with van der Waals surface area (Å²) in [6.45, 7) is 1.34. The van der Waals surface area contributed by atoms with Crippen LogP contribution >= 0.6 is 11.3 Å². The number of hydrogen-bond acceptors (Lipinski definition) is 7. The molecule has 1 aliphatic carbocycles. The van der Waals surface area contributed by atoms with Gasteiger partial charge in [0.05, 0.1) is 41.7 Å². The molecule has 3 aromatic heterocycles. The van der Waals surface area contributed by atoms with Crippen molar-refractivity contribution in [3.05, 3.63) is 75.4 Å². The van der Waals surface area contributed by atoms with E-state index in [2.05, 4.69) is 38.9 Å². The third-order valence-corrected chi connectivity index (χ3v) is 7.76. The maximum atomic E-state index is 13.0. The number of carbonyl (C=O) groups is 1. The van der Waals surface area contributed by atoms with E-state index >= 15 is 0 Å². The molecule has 8 nitrogen and oxygen atoms in total. The number of ether oxygens (including phenoxy) is 1. The first-order valence-corrected chi connectivity index (χ1v) is 12.7. The van der Waals surface area contributed by atoms with Crippen LogP contribution in [0.1, 0.15) is 50.1 Å². The first kappa shape index (κ1) is 21.9. The maximum absolute atomic E-state index is 13.0. The molecule has 0 saturated carbocycles. The number of thiophene rings is 1. The van der Waals surface area contributed by atoms with E-state index in [0.29, 0.717) is 12.6 Å². The molecule has 1 unspecified atom stereocenters. The number of rotatable bonds is 5. The number of amides is 1. The van der Waals surface area contributed by atoms with Crippen molar-refractivity contribution in [3.8, 4) is 11.3 Å². The highest BCUT2D eigenvalue weighted by Gasteiger charge is 2.25. The van der Waals surface area contributed by atoms with Gasteiger partial charge in [-0.3, -0.25) is 9.48 Å². The van der Waals surface area contributed by atoms with Crippen LogP contribution in [0.5, 0.6) is 0 Å². The van der Waals surface area contributed by atoms with Gasteiger partial charge in [-0.1, -0.05) is 12.1 Å². The molecule has 2 aliphatic rings. The van der Waals surface area contributed by atoms with Crippen LogP contribution in [0, 0.1) is 0 Å². The lowest BCUT2D eigenvalue weighted by atomic mass is 9.86. The average Bonchev–Trinajstić information content (AvgIpc) is 3.50. The van der Waals surface area contributed by atoms with Crippen molar-refractivity contribution in [3.63, 3.8) is 0 Å². The molecule has 178 valence electrons. The Labute approximate surface area is 207 Å². The predicted molar refractivity (Wildman–Crippen MR) is 135 cm³/mol. The van der Waals surface area contributed by atoms with Gasteiger partial charge in [0.15, 0.2) is 0 Å². The van der Waals surface area contributed by atoms with Gasteiger partial charge >= 0.3 is 0 Å². The smallest absolute Gasteiger partial charge is 0.261 e. The summed E-state index contributed by atoms with van der Waals surface area (Å²) in [7, 11) is 1.87. The fourth-order valence-electron chi connectivity index (χ4n) is 4.81. The molecule has 0 fully saturated rings. The Morgan fingerprint density at radius 1 is 1.20 bits per heavy atom. The normalized spacial score (nSPS) is 16.9. The number of nitrogens with one attached hydrogen (secondary N) is 2. The summed E-state index contributed by atoms with van der Waals surface area (Å²) >= 11 is 1.60. The Morgan fingerprint density at radius 2 is 2.14 bits per heavy atom. The van der Waals surface area contributed by atoms with E-state index in [9.17, 15) is 4.79 Å². The Balaban J connectivity index is 1.20. The molecule has 1 aliphatic heterocycles. The maximum Gasteiger partial charge on any atom is 0.261 e. The monoisotopic (exact) mass is 486 g/mol. The summed E-state index contributed by atoms with van der Waals surface area (Å²) in [6.07, 6.45) is 9.24. The summed E-state index contributed by atoms with van der Waals surface area (Å²) in [5, 5.41) is 10.7. The van der Waals surface area contributed by atoms with E-state index < -0.39 is 0 Å². The highest BCUT2D eigenvalue weighted by Crippen LogP contribution is 2.34. The minimum absolute atomic E-state index is 0.00763. The second kappa shape index (κ2) is 9.24. The van der Waals surface area contributed by atoms with Crippen LogP contribution < -0.4 is 10.6 Å². The molecule has 35 heavy (non-hydrogen) atoms. The van der Waals surface area contributed by atoms with Crippen molar-refractivity contribution < 1.29 is 9.53 Å². The Morgan fingerprint density at radius 3 is 3.00 bits per heavy atom. The molecule has 4 heterocycles. The quantitative estimate of drug-likeness (QED) is 0.429. The molecule has 9 heteroatoms. The van der Waals surface area contributed by atoms with E-state index in [4.69, 9.17) is 9.72 Å². The van der Waals surface area contributed by atoms with Crippen LogP contribution in [0.15, 0.2) is 48.9 Å². The molecular formula is C26H26N6O2S. The highest BCUT2D eigenvalue weighted by molar-refractivity contribution is 7.14. The van der Waals surface area contributed by atoms with Crippen LogP contribution in [0.25, 0.3) is 11.3 Å². The number of carbonyl (C=O) groups excluding carboxylic acids is 1. The number of nitrogens with zero attached hydrogens (tertiary/aromatic N) is 4. The number of aryl methyl sites for hydroxylation is 2. The van der Waals surface area contributed by atoms with Crippen LogP contribution in [0.2, 0.25) is 0 Å². The van der Waals surface area contributed by atoms with Crippen molar-refractivity contribution in [1.29, 1.82) is 0 Å². The SMILES string of the molecule is Cn1cc(Nc2nccc(-c3ccc4c(c3)CCCC4NC(=O)c3cc4c(s3)CCOC4)n2)cn1. The van der Waals surface area contributed by atoms with Gasteiger partial charge in [0.2, 0.25) is 5.95 Å².